The van der Waals surface area contributed by atoms with Crippen molar-refractivity contribution < 1.29 is 12.8 Å². The fourth-order valence-electron chi connectivity index (χ4n) is 1.35. The molecule has 96 valence electrons. The van der Waals surface area contributed by atoms with Crippen LogP contribution in [0.1, 0.15) is 5.56 Å². The molecule has 0 N–H and O–H groups in total. The Morgan fingerprint density at radius 2 is 1.74 bits per heavy atom. The molecule has 0 radical (unpaired) electrons. The first-order chi connectivity index (χ1) is 8.98. The number of hydrogen-bond acceptors (Lipinski definition) is 5. The number of nitriles is 3. The van der Waals surface area contributed by atoms with Crippen molar-refractivity contribution in [2.45, 2.75) is 4.90 Å². The monoisotopic (exact) mass is 278 g/mol. The lowest BCUT2D eigenvalue weighted by Gasteiger charge is -2.16. The topological polar surface area (TPSA) is 109 Å². The molecule has 0 fully saturated rings. The second-order valence-electron chi connectivity index (χ2n) is 3.31. The Labute approximate surface area is 109 Å². The lowest BCUT2D eigenvalue weighted by atomic mass is 10.2. The number of halogens is 1. The molecule has 1 aromatic rings. The first-order valence-electron chi connectivity index (χ1n) is 4.91. The summed E-state index contributed by atoms with van der Waals surface area (Å²) in [5.41, 5.74) is -0.636. The van der Waals surface area contributed by atoms with E-state index in [0.717, 1.165) is 18.2 Å². The number of sulfonamides is 1. The molecule has 0 bridgehead atoms. The Balaban J connectivity index is 3.44. The molecule has 8 heteroatoms. The van der Waals surface area contributed by atoms with Crippen LogP contribution in [0, 0.1) is 39.8 Å². The van der Waals surface area contributed by atoms with Crippen molar-refractivity contribution in [3.05, 3.63) is 29.6 Å². The molecule has 0 atom stereocenters. The molecular formula is C11H7FN4O2S. The summed E-state index contributed by atoms with van der Waals surface area (Å²) in [6.07, 6.45) is 0. The lowest BCUT2D eigenvalue weighted by molar-refractivity contribution is 0.478. The molecule has 6 nitrogen and oxygen atoms in total. The average Bonchev–Trinajstić information content (AvgIpc) is 2.38. The molecule has 19 heavy (non-hydrogen) atoms. The van der Waals surface area contributed by atoms with Crippen molar-refractivity contribution in [2.24, 2.45) is 0 Å². The van der Waals surface area contributed by atoms with Crippen LogP contribution in [0.15, 0.2) is 23.1 Å². The molecule has 0 spiro atoms. The smallest absolute Gasteiger partial charge is 0.207 e. The first kappa shape index (κ1) is 14.6. The highest BCUT2D eigenvalue weighted by atomic mass is 32.2. The van der Waals surface area contributed by atoms with Crippen molar-refractivity contribution >= 4 is 10.0 Å². The molecule has 1 aromatic carbocycles. The third-order valence-electron chi connectivity index (χ3n) is 2.20. The highest BCUT2D eigenvalue weighted by Crippen LogP contribution is 2.21. The van der Waals surface area contributed by atoms with Gasteiger partial charge >= 0.3 is 0 Å². The van der Waals surface area contributed by atoms with E-state index in [2.05, 4.69) is 0 Å². The van der Waals surface area contributed by atoms with E-state index < -0.39 is 39.4 Å². The van der Waals surface area contributed by atoms with Crippen LogP contribution in [0.4, 0.5) is 4.39 Å². The summed E-state index contributed by atoms with van der Waals surface area (Å²) < 4.78 is 38.3. The van der Waals surface area contributed by atoms with Crippen molar-refractivity contribution in [1.29, 1.82) is 15.8 Å². The van der Waals surface area contributed by atoms with Gasteiger partial charge in [-0.25, -0.2) is 12.8 Å². The third-order valence-corrected chi connectivity index (χ3v) is 4.03. The minimum atomic E-state index is -4.26. The Kier molecular flexibility index (Phi) is 4.55. The molecule has 0 aromatic heterocycles. The second-order valence-corrected chi connectivity index (χ2v) is 5.22. The second kappa shape index (κ2) is 5.92. The molecular weight excluding hydrogens is 271 g/mol. The van der Waals surface area contributed by atoms with Crippen molar-refractivity contribution in [3.63, 3.8) is 0 Å². The minimum Gasteiger partial charge on any atom is -0.207 e. The van der Waals surface area contributed by atoms with Gasteiger partial charge in [-0.05, 0) is 12.1 Å². The SMILES string of the molecule is N#CCN(CC#N)S(=O)(=O)c1cccc(F)c1C#N. The molecule has 0 aliphatic carbocycles. The lowest BCUT2D eigenvalue weighted by Crippen LogP contribution is -2.32. The van der Waals surface area contributed by atoms with Gasteiger partial charge in [0.05, 0.1) is 12.1 Å². The fourth-order valence-corrected chi connectivity index (χ4v) is 2.74. The highest BCUT2D eigenvalue weighted by Gasteiger charge is 2.28. The van der Waals surface area contributed by atoms with Gasteiger partial charge in [0.25, 0.3) is 0 Å². The van der Waals surface area contributed by atoms with Crippen molar-refractivity contribution in [1.82, 2.24) is 4.31 Å². The van der Waals surface area contributed by atoms with Gasteiger partial charge in [0.1, 0.15) is 35.4 Å². The number of rotatable bonds is 4. The van der Waals surface area contributed by atoms with E-state index >= 15 is 0 Å². The van der Waals surface area contributed by atoms with E-state index in [-0.39, 0.29) is 0 Å². The molecule has 1 rings (SSSR count). The van der Waals surface area contributed by atoms with Crippen LogP contribution in [0.5, 0.6) is 0 Å². The van der Waals surface area contributed by atoms with Crippen LogP contribution in [0.2, 0.25) is 0 Å². The van der Waals surface area contributed by atoms with E-state index in [0.29, 0.717) is 4.31 Å². The summed E-state index contributed by atoms with van der Waals surface area (Å²) >= 11 is 0. The van der Waals surface area contributed by atoms with E-state index in [1.807, 2.05) is 0 Å². The summed E-state index contributed by atoms with van der Waals surface area (Å²) in [6, 6.07) is 7.81. The van der Waals surface area contributed by atoms with Gasteiger partial charge in [-0.2, -0.15) is 20.1 Å². The van der Waals surface area contributed by atoms with Crippen LogP contribution >= 0.6 is 0 Å². The van der Waals surface area contributed by atoms with Gasteiger partial charge in [-0.1, -0.05) is 6.07 Å². The molecule has 0 aliphatic rings. The molecule has 0 amide bonds. The normalized spacial score (nSPS) is 10.5. The predicted molar refractivity (Wildman–Crippen MR) is 61.1 cm³/mol. The fraction of sp³-hybridized carbons (Fsp3) is 0.182. The maximum absolute atomic E-state index is 13.4. The zero-order valence-corrected chi connectivity index (χ0v) is 10.4. The number of hydrogen-bond donors (Lipinski definition) is 0. The Hall–Kier alpha value is -2.47. The molecule has 0 aliphatic heterocycles. The van der Waals surface area contributed by atoms with Gasteiger partial charge in [0.15, 0.2) is 0 Å². The summed E-state index contributed by atoms with van der Waals surface area (Å²) in [7, 11) is -4.26. The highest BCUT2D eigenvalue weighted by molar-refractivity contribution is 7.89. The number of nitrogens with zero attached hydrogens (tertiary/aromatic N) is 4. The van der Waals surface area contributed by atoms with Gasteiger partial charge in [0.2, 0.25) is 10.0 Å². The van der Waals surface area contributed by atoms with E-state index in [1.54, 1.807) is 12.1 Å². The van der Waals surface area contributed by atoms with Crippen LogP contribution in [0.25, 0.3) is 0 Å². The largest absolute Gasteiger partial charge is 0.246 e. The zero-order chi connectivity index (χ0) is 14.5. The maximum atomic E-state index is 13.4. The van der Waals surface area contributed by atoms with Gasteiger partial charge in [-0.15, -0.1) is 0 Å². The van der Waals surface area contributed by atoms with Crippen LogP contribution in [-0.4, -0.2) is 25.8 Å². The van der Waals surface area contributed by atoms with Crippen molar-refractivity contribution in [3.8, 4) is 18.2 Å². The van der Waals surface area contributed by atoms with E-state index in [9.17, 15) is 12.8 Å². The summed E-state index contributed by atoms with van der Waals surface area (Å²) in [5.74, 6) is -0.975. The Bertz CT molecular complexity index is 694. The van der Waals surface area contributed by atoms with Crippen molar-refractivity contribution in [2.75, 3.05) is 13.1 Å². The predicted octanol–water partition coefficient (Wildman–Crippen LogP) is 0.735. The Morgan fingerprint density at radius 1 is 1.16 bits per heavy atom. The number of benzene rings is 1. The molecule has 0 saturated carbocycles. The molecule has 0 saturated heterocycles. The zero-order valence-electron chi connectivity index (χ0n) is 9.54. The standard InChI is InChI=1S/C11H7FN4O2S/c12-10-2-1-3-11(9(10)8-15)19(17,18)16(6-4-13)7-5-14/h1-3H,6-7H2. The maximum Gasteiger partial charge on any atom is 0.246 e. The van der Waals surface area contributed by atoms with Gasteiger partial charge < -0.3 is 0 Å². The minimum absolute atomic E-state index is 0.555. The summed E-state index contributed by atoms with van der Waals surface area (Å²) in [4.78, 5) is -0.555. The van der Waals surface area contributed by atoms with E-state index in [4.69, 9.17) is 15.8 Å². The average molecular weight is 278 g/mol. The van der Waals surface area contributed by atoms with E-state index in [1.165, 1.54) is 6.07 Å². The summed E-state index contributed by atoms with van der Waals surface area (Å²) in [5, 5.41) is 25.9. The third kappa shape index (κ3) is 2.86. The first-order valence-corrected chi connectivity index (χ1v) is 6.35. The van der Waals surface area contributed by atoms with Crippen LogP contribution < -0.4 is 0 Å². The summed E-state index contributed by atoms with van der Waals surface area (Å²) in [6.45, 7) is -1.12. The van der Waals surface area contributed by atoms with Gasteiger partial charge in [0, 0.05) is 0 Å². The van der Waals surface area contributed by atoms with Crippen LogP contribution in [-0.2, 0) is 10.0 Å². The van der Waals surface area contributed by atoms with Gasteiger partial charge in [-0.3, -0.25) is 0 Å². The van der Waals surface area contributed by atoms with Crippen LogP contribution in [0.3, 0.4) is 0 Å². The molecule has 0 heterocycles. The molecule has 0 unspecified atom stereocenters. The Morgan fingerprint density at radius 3 is 2.21 bits per heavy atom. The quantitative estimate of drug-likeness (QED) is 0.754.